The molecule has 2 aromatic heterocycles. The summed E-state index contributed by atoms with van der Waals surface area (Å²) in [4.78, 5) is 29.6. The van der Waals surface area contributed by atoms with Crippen LogP contribution in [0.2, 0.25) is 5.02 Å². The molecular weight excluding hydrogens is 532 g/mol. The summed E-state index contributed by atoms with van der Waals surface area (Å²) in [6.07, 6.45) is 1.30. The number of sulfone groups is 1. The van der Waals surface area contributed by atoms with E-state index in [1.165, 1.54) is 30.5 Å². The number of halogens is 1. The number of pyridine rings is 1. The Morgan fingerprint density at radius 2 is 1.65 bits per heavy atom. The number of carbonyl (C=O) groups is 1. The maximum Gasteiger partial charge on any atom is 0.341 e. The SMILES string of the molecule is O=C(O)c1cn(Cc2ccccc2-c2ccccc2)c2sc(CS(=O)(=O)c3ccc(Cl)cc3)nc2c1=O. The summed E-state index contributed by atoms with van der Waals surface area (Å²) in [5.41, 5.74) is 1.61. The predicted octanol–water partition coefficient (Wildman–Crippen LogP) is 5.50. The molecule has 3 aromatic carbocycles. The topological polar surface area (TPSA) is 106 Å². The van der Waals surface area contributed by atoms with Gasteiger partial charge in [-0.2, -0.15) is 0 Å². The second kappa shape index (κ2) is 9.93. The molecule has 0 amide bonds. The number of carboxylic acids is 1. The van der Waals surface area contributed by atoms with Gasteiger partial charge < -0.3 is 9.67 Å². The normalized spacial score (nSPS) is 11.6. The largest absolute Gasteiger partial charge is 0.477 e. The first-order valence-corrected chi connectivity index (χ1v) is 14.0. The van der Waals surface area contributed by atoms with E-state index in [0.29, 0.717) is 9.85 Å². The van der Waals surface area contributed by atoms with Gasteiger partial charge in [0.05, 0.1) is 4.90 Å². The molecule has 0 saturated carbocycles. The minimum absolute atomic E-state index is 0.0663. The Labute approximate surface area is 221 Å². The summed E-state index contributed by atoms with van der Waals surface area (Å²) in [6.45, 7) is 0.258. The molecule has 0 aliphatic rings. The van der Waals surface area contributed by atoms with Crippen LogP contribution in [0.3, 0.4) is 0 Å². The van der Waals surface area contributed by atoms with Crippen molar-refractivity contribution in [1.82, 2.24) is 9.55 Å². The van der Waals surface area contributed by atoms with Crippen molar-refractivity contribution in [1.29, 1.82) is 0 Å². The van der Waals surface area contributed by atoms with Crippen LogP contribution in [-0.4, -0.2) is 29.0 Å². The van der Waals surface area contributed by atoms with E-state index < -0.39 is 32.6 Å². The molecule has 2 heterocycles. The van der Waals surface area contributed by atoms with Gasteiger partial charge in [-0.15, -0.1) is 0 Å². The Bertz CT molecular complexity index is 1790. The van der Waals surface area contributed by atoms with Crippen molar-refractivity contribution in [2.45, 2.75) is 17.2 Å². The van der Waals surface area contributed by atoms with Crippen molar-refractivity contribution in [3.05, 3.63) is 116 Å². The molecule has 0 spiro atoms. The third-order valence-corrected chi connectivity index (χ3v) is 8.99. The molecule has 1 N–H and O–H groups in total. The number of aromatic nitrogens is 2. The van der Waals surface area contributed by atoms with Crippen molar-refractivity contribution in [2.75, 3.05) is 0 Å². The van der Waals surface area contributed by atoms with E-state index in [1.54, 1.807) is 4.57 Å². The molecule has 37 heavy (non-hydrogen) atoms. The number of fused-ring (bicyclic) bond motifs is 1. The van der Waals surface area contributed by atoms with Crippen molar-refractivity contribution in [3.8, 4) is 11.1 Å². The summed E-state index contributed by atoms with van der Waals surface area (Å²) < 4.78 is 27.6. The molecule has 186 valence electrons. The number of nitrogens with zero attached hydrogens (tertiary/aromatic N) is 2. The minimum Gasteiger partial charge on any atom is -0.477 e. The summed E-state index contributed by atoms with van der Waals surface area (Å²) in [7, 11) is -3.77. The number of thiazole rings is 1. The lowest BCUT2D eigenvalue weighted by Crippen LogP contribution is -2.19. The van der Waals surface area contributed by atoms with Crippen LogP contribution >= 0.6 is 22.9 Å². The fourth-order valence-corrected chi connectivity index (χ4v) is 6.82. The van der Waals surface area contributed by atoms with Gasteiger partial charge in [0.15, 0.2) is 9.84 Å². The lowest BCUT2D eigenvalue weighted by molar-refractivity contribution is 0.0694. The lowest BCUT2D eigenvalue weighted by atomic mass is 9.99. The van der Waals surface area contributed by atoms with Crippen molar-refractivity contribution >= 4 is 49.1 Å². The first-order valence-electron chi connectivity index (χ1n) is 11.1. The standard InChI is InChI=1S/C27H19ClN2O5S2/c28-19-10-12-20(13-11-19)37(34,35)16-23-29-24-25(31)22(27(32)33)15-30(26(24)36-23)14-18-8-4-5-9-21(18)17-6-2-1-3-7-17/h1-13,15H,14,16H2,(H,32,33). The Morgan fingerprint density at radius 1 is 0.973 bits per heavy atom. The van der Waals surface area contributed by atoms with Crippen LogP contribution in [0.25, 0.3) is 21.5 Å². The zero-order valence-corrected chi connectivity index (χ0v) is 21.6. The van der Waals surface area contributed by atoms with Crippen LogP contribution in [0, 0.1) is 0 Å². The van der Waals surface area contributed by atoms with Crippen LogP contribution in [-0.2, 0) is 22.1 Å². The van der Waals surface area contributed by atoms with Crippen LogP contribution < -0.4 is 5.43 Å². The average molecular weight is 551 g/mol. The number of carboxylic acid groups (broad SMARTS) is 1. The molecule has 5 aromatic rings. The molecule has 0 saturated heterocycles. The molecule has 7 nitrogen and oxygen atoms in total. The Balaban J connectivity index is 1.61. The molecule has 0 atom stereocenters. The van der Waals surface area contributed by atoms with Gasteiger partial charge in [0.25, 0.3) is 0 Å². The van der Waals surface area contributed by atoms with Gasteiger partial charge in [0.2, 0.25) is 5.43 Å². The fourth-order valence-electron chi connectivity index (χ4n) is 4.06. The highest BCUT2D eigenvalue weighted by molar-refractivity contribution is 7.90. The van der Waals surface area contributed by atoms with Crippen LogP contribution in [0.15, 0.2) is 94.7 Å². The first kappa shape index (κ1) is 24.9. The summed E-state index contributed by atoms with van der Waals surface area (Å²) >= 11 is 6.93. The van der Waals surface area contributed by atoms with Gasteiger partial charge in [-0.3, -0.25) is 4.79 Å². The maximum absolute atomic E-state index is 13.0. The molecule has 0 aliphatic heterocycles. The molecule has 0 radical (unpaired) electrons. The average Bonchev–Trinajstić information content (AvgIpc) is 3.30. The maximum atomic E-state index is 13.0. The van der Waals surface area contributed by atoms with Crippen LogP contribution in [0.4, 0.5) is 0 Å². The molecule has 0 bridgehead atoms. The summed E-state index contributed by atoms with van der Waals surface area (Å²) in [5, 5.41) is 10.3. The molecule has 0 unspecified atom stereocenters. The van der Waals surface area contributed by atoms with Gasteiger partial charge >= 0.3 is 5.97 Å². The van der Waals surface area contributed by atoms with Gasteiger partial charge in [-0.05, 0) is 41.0 Å². The zero-order chi connectivity index (χ0) is 26.2. The van der Waals surface area contributed by atoms with E-state index in [0.717, 1.165) is 28.0 Å². The van der Waals surface area contributed by atoms with E-state index in [4.69, 9.17) is 11.6 Å². The highest BCUT2D eigenvalue weighted by atomic mass is 35.5. The zero-order valence-electron chi connectivity index (χ0n) is 19.2. The number of benzene rings is 3. The quantitative estimate of drug-likeness (QED) is 0.287. The van der Waals surface area contributed by atoms with Gasteiger partial charge in [-0.1, -0.05) is 77.5 Å². The highest BCUT2D eigenvalue weighted by Crippen LogP contribution is 2.28. The Kier molecular flexibility index (Phi) is 6.68. The minimum atomic E-state index is -3.77. The molecule has 0 fully saturated rings. The van der Waals surface area contributed by atoms with E-state index in [-0.39, 0.29) is 22.0 Å². The van der Waals surface area contributed by atoms with E-state index in [2.05, 4.69) is 4.98 Å². The number of hydrogen-bond donors (Lipinski definition) is 1. The molecule has 10 heteroatoms. The van der Waals surface area contributed by atoms with E-state index in [1.807, 2.05) is 54.6 Å². The van der Waals surface area contributed by atoms with E-state index in [9.17, 15) is 23.1 Å². The van der Waals surface area contributed by atoms with Gasteiger partial charge in [0.1, 0.15) is 26.7 Å². The predicted molar refractivity (Wildman–Crippen MR) is 144 cm³/mol. The van der Waals surface area contributed by atoms with Crippen LogP contribution in [0.5, 0.6) is 0 Å². The second-order valence-corrected chi connectivity index (χ2v) is 11.8. The Hall–Kier alpha value is -3.79. The van der Waals surface area contributed by atoms with Crippen molar-refractivity contribution in [3.63, 3.8) is 0 Å². The second-order valence-electron chi connectivity index (χ2n) is 8.30. The smallest absolute Gasteiger partial charge is 0.341 e. The third kappa shape index (κ3) is 5.06. The van der Waals surface area contributed by atoms with E-state index >= 15 is 0 Å². The summed E-state index contributed by atoms with van der Waals surface area (Å²) in [5.74, 6) is -1.81. The summed E-state index contributed by atoms with van der Waals surface area (Å²) in [6, 6.07) is 23.3. The number of aromatic carboxylic acids is 1. The van der Waals surface area contributed by atoms with Crippen molar-refractivity contribution in [2.24, 2.45) is 0 Å². The monoisotopic (exact) mass is 550 g/mol. The molecule has 0 aliphatic carbocycles. The number of hydrogen-bond acceptors (Lipinski definition) is 6. The first-order chi connectivity index (χ1) is 17.7. The van der Waals surface area contributed by atoms with Crippen molar-refractivity contribution < 1.29 is 18.3 Å². The van der Waals surface area contributed by atoms with Crippen LogP contribution in [0.1, 0.15) is 20.9 Å². The Morgan fingerprint density at radius 3 is 2.35 bits per heavy atom. The van der Waals surface area contributed by atoms with Gasteiger partial charge in [0, 0.05) is 17.8 Å². The third-order valence-electron chi connectivity index (χ3n) is 5.82. The molecular formula is C27H19ClN2O5S2. The molecule has 5 rings (SSSR count). The highest BCUT2D eigenvalue weighted by Gasteiger charge is 2.23. The number of rotatable bonds is 7. The lowest BCUT2D eigenvalue weighted by Gasteiger charge is -2.13. The fraction of sp³-hybridized carbons (Fsp3) is 0.0741. The van der Waals surface area contributed by atoms with Gasteiger partial charge in [-0.25, -0.2) is 18.2 Å².